The molecule has 76 valence electrons. The van der Waals surface area contributed by atoms with E-state index in [2.05, 4.69) is 38.1 Å². The van der Waals surface area contributed by atoms with Gasteiger partial charge in [-0.2, -0.15) is 0 Å². The molecule has 1 aliphatic heterocycles. The highest BCUT2D eigenvalue weighted by Crippen LogP contribution is 2.39. The van der Waals surface area contributed by atoms with E-state index in [0.29, 0.717) is 0 Å². The van der Waals surface area contributed by atoms with E-state index in [1.807, 2.05) is 12.0 Å². The average Bonchev–Trinajstić information content (AvgIpc) is 2.41. The highest BCUT2D eigenvalue weighted by atomic mass is 16.7. The van der Waals surface area contributed by atoms with E-state index < -0.39 is 0 Å². The Morgan fingerprint density at radius 1 is 1.36 bits per heavy atom. The van der Waals surface area contributed by atoms with Crippen molar-refractivity contribution in [3.05, 3.63) is 29.8 Å². The Morgan fingerprint density at radius 3 is 2.79 bits per heavy atom. The lowest BCUT2D eigenvalue weighted by molar-refractivity contribution is 0.118. The zero-order chi connectivity index (χ0) is 10.2. The van der Waals surface area contributed by atoms with Crippen molar-refractivity contribution < 1.29 is 4.84 Å². The van der Waals surface area contributed by atoms with Gasteiger partial charge in [0.2, 0.25) is 0 Å². The smallest absolute Gasteiger partial charge is 0.0720 e. The van der Waals surface area contributed by atoms with Crippen LogP contribution < -0.4 is 5.06 Å². The lowest BCUT2D eigenvalue weighted by atomic mass is 9.87. The highest BCUT2D eigenvalue weighted by molar-refractivity contribution is 5.60. The van der Waals surface area contributed by atoms with Gasteiger partial charge in [-0.15, -0.1) is 0 Å². The van der Waals surface area contributed by atoms with Gasteiger partial charge in [0.25, 0.3) is 0 Å². The largest absolute Gasteiger partial charge is 0.274 e. The van der Waals surface area contributed by atoms with Crippen LogP contribution >= 0.6 is 0 Å². The summed E-state index contributed by atoms with van der Waals surface area (Å²) >= 11 is 0. The van der Waals surface area contributed by atoms with Gasteiger partial charge in [-0.1, -0.05) is 32.0 Å². The second-order valence-electron chi connectivity index (χ2n) is 4.36. The van der Waals surface area contributed by atoms with Crippen molar-refractivity contribution in [1.29, 1.82) is 0 Å². The third kappa shape index (κ3) is 1.40. The Bertz CT molecular complexity index is 333. The first-order valence-electron chi connectivity index (χ1n) is 5.15. The number of hydroxylamine groups is 1. The number of fused-ring (bicyclic) bond motifs is 1. The number of para-hydroxylation sites is 1. The average molecular weight is 191 g/mol. The van der Waals surface area contributed by atoms with Crippen LogP contribution in [-0.4, -0.2) is 13.2 Å². The lowest BCUT2D eigenvalue weighted by Crippen LogP contribution is -2.28. The van der Waals surface area contributed by atoms with Crippen molar-refractivity contribution in [3.8, 4) is 0 Å². The number of anilines is 1. The lowest BCUT2D eigenvalue weighted by Gasteiger charge is -2.20. The van der Waals surface area contributed by atoms with Crippen LogP contribution in [-0.2, 0) is 10.3 Å². The molecule has 0 spiro atoms. The standard InChI is InChI=1S/C12H17NO/c1-4-14-13-9-12(2,3)10-7-5-6-8-11(10)13/h5-8H,4,9H2,1-3H3. The van der Waals surface area contributed by atoms with Gasteiger partial charge in [0.05, 0.1) is 18.8 Å². The number of hydrogen-bond acceptors (Lipinski definition) is 2. The summed E-state index contributed by atoms with van der Waals surface area (Å²) in [6.07, 6.45) is 0. The molecule has 0 amide bonds. The Labute approximate surface area is 85.4 Å². The van der Waals surface area contributed by atoms with Gasteiger partial charge in [-0.3, -0.25) is 9.90 Å². The zero-order valence-electron chi connectivity index (χ0n) is 9.08. The summed E-state index contributed by atoms with van der Waals surface area (Å²) in [5.41, 5.74) is 2.80. The second-order valence-corrected chi connectivity index (χ2v) is 4.36. The van der Waals surface area contributed by atoms with E-state index in [-0.39, 0.29) is 5.41 Å². The molecule has 0 radical (unpaired) electrons. The van der Waals surface area contributed by atoms with E-state index in [9.17, 15) is 0 Å². The Hall–Kier alpha value is -1.02. The molecule has 14 heavy (non-hydrogen) atoms. The normalized spacial score (nSPS) is 18.4. The van der Waals surface area contributed by atoms with E-state index >= 15 is 0 Å². The van der Waals surface area contributed by atoms with Gasteiger partial charge in [0, 0.05) is 5.41 Å². The van der Waals surface area contributed by atoms with Gasteiger partial charge in [-0.25, -0.2) is 0 Å². The van der Waals surface area contributed by atoms with Gasteiger partial charge in [-0.05, 0) is 18.6 Å². The van der Waals surface area contributed by atoms with Gasteiger partial charge in [0.1, 0.15) is 0 Å². The number of hydrogen-bond donors (Lipinski definition) is 0. The third-order valence-electron chi connectivity index (χ3n) is 2.73. The maximum absolute atomic E-state index is 5.60. The molecule has 0 saturated carbocycles. The fourth-order valence-corrected chi connectivity index (χ4v) is 2.06. The second kappa shape index (κ2) is 3.28. The van der Waals surface area contributed by atoms with E-state index in [0.717, 1.165) is 13.2 Å². The minimum Gasteiger partial charge on any atom is -0.274 e. The molecule has 2 nitrogen and oxygen atoms in total. The molecule has 1 aromatic rings. The molecule has 0 atom stereocenters. The zero-order valence-corrected chi connectivity index (χ0v) is 9.08. The fourth-order valence-electron chi connectivity index (χ4n) is 2.06. The van der Waals surface area contributed by atoms with Crippen molar-refractivity contribution in [2.75, 3.05) is 18.2 Å². The van der Waals surface area contributed by atoms with Crippen molar-refractivity contribution in [2.45, 2.75) is 26.2 Å². The first kappa shape index (κ1) is 9.53. The number of benzene rings is 1. The predicted octanol–water partition coefficient (Wildman–Crippen LogP) is 2.74. The fraction of sp³-hybridized carbons (Fsp3) is 0.500. The van der Waals surface area contributed by atoms with E-state index in [1.165, 1.54) is 11.3 Å². The summed E-state index contributed by atoms with van der Waals surface area (Å²) < 4.78 is 0. The minimum atomic E-state index is 0.200. The molecule has 0 saturated heterocycles. The molecule has 0 aromatic heterocycles. The first-order valence-corrected chi connectivity index (χ1v) is 5.15. The number of nitrogens with zero attached hydrogens (tertiary/aromatic N) is 1. The molecule has 0 fully saturated rings. The van der Waals surface area contributed by atoms with Crippen molar-refractivity contribution >= 4 is 5.69 Å². The SMILES string of the molecule is CCON1CC(C)(C)c2ccccc21. The quantitative estimate of drug-likeness (QED) is 0.712. The minimum absolute atomic E-state index is 0.200. The predicted molar refractivity (Wildman–Crippen MR) is 58.4 cm³/mol. The van der Waals surface area contributed by atoms with Crippen LogP contribution in [0.25, 0.3) is 0 Å². The van der Waals surface area contributed by atoms with Crippen LogP contribution in [0.5, 0.6) is 0 Å². The summed E-state index contributed by atoms with van der Waals surface area (Å²) in [6.45, 7) is 8.20. The van der Waals surface area contributed by atoms with Crippen LogP contribution in [0, 0.1) is 0 Å². The van der Waals surface area contributed by atoms with Gasteiger partial charge in [0.15, 0.2) is 0 Å². The molecule has 0 bridgehead atoms. The molecule has 0 unspecified atom stereocenters. The maximum atomic E-state index is 5.60. The van der Waals surface area contributed by atoms with Crippen LogP contribution in [0.3, 0.4) is 0 Å². The Kier molecular flexibility index (Phi) is 2.23. The van der Waals surface area contributed by atoms with Crippen LogP contribution in [0.15, 0.2) is 24.3 Å². The molecule has 2 heteroatoms. The summed E-state index contributed by atoms with van der Waals surface area (Å²) in [5, 5.41) is 2.01. The van der Waals surface area contributed by atoms with Crippen LogP contribution in [0.4, 0.5) is 5.69 Å². The van der Waals surface area contributed by atoms with Crippen LogP contribution in [0.1, 0.15) is 26.3 Å². The molecule has 1 heterocycles. The Morgan fingerprint density at radius 2 is 2.07 bits per heavy atom. The molecular formula is C12H17NO. The summed E-state index contributed by atoms with van der Waals surface area (Å²) in [7, 11) is 0. The Balaban J connectivity index is 2.39. The first-order chi connectivity index (χ1) is 6.65. The third-order valence-corrected chi connectivity index (χ3v) is 2.73. The number of rotatable bonds is 2. The molecule has 0 N–H and O–H groups in total. The molecule has 0 aliphatic carbocycles. The van der Waals surface area contributed by atoms with E-state index in [1.54, 1.807) is 0 Å². The van der Waals surface area contributed by atoms with Crippen LogP contribution in [0.2, 0.25) is 0 Å². The molecule has 2 rings (SSSR count). The van der Waals surface area contributed by atoms with Crippen molar-refractivity contribution in [3.63, 3.8) is 0 Å². The molecule has 1 aliphatic rings. The van der Waals surface area contributed by atoms with E-state index in [4.69, 9.17) is 4.84 Å². The van der Waals surface area contributed by atoms with Crippen molar-refractivity contribution in [1.82, 2.24) is 0 Å². The molecule has 1 aromatic carbocycles. The van der Waals surface area contributed by atoms with Gasteiger partial charge >= 0.3 is 0 Å². The monoisotopic (exact) mass is 191 g/mol. The van der Waals surface area contributed by atoms with Gasteiger partial charge < -0.3 is 0 Å². The summed E-state index contributed by atoms with van der Waals surface area (Å²) in [5.74, 6) is 0. The maximum Gasteiger partial charge on any atom is 0.0720 e. The summed E-state index contributed by atoms with van der Waals surface area (Å²) in [6, 6.07) is 8.47. The summed E-state index contributed by atoms with van der Waals surface area (Å²) in [4.78, 5) is 5.60. The topological polar surface area (TPSA) is 12.5 Å². The molecular weight excluding hydrogens is 174 g/mol. The van der Waals surface area contributed by atoms with Crippen molar-refractivity contribution in [2.24, 2.45) is 0 Å². The highest BCUT2D eigenvalue weighted by Gasteiger charge is 2.35.